The van der Waals surface area contributed by atoms with Gasteiger partial charge in [-0.05, 0) is 102 Å². The van der Waals surface area contributed by atoms with Crippen molar-refractivity contribution in [3.63, 3.8) is 0 Å². The third-order valence-corrected chi connectivity index (χ3v) is 13.2. The second-order valence-electron chi connectivity index (χ2n) is 18.0. The van der Waals surface area contributed by atoms with Gasteiger partial charge in [-0.25, -0.2) is 14.6 Å². The zero-order valence-corrected chi connectivity index (χ0v) is 36.0. The molecule has 56 heavy (non-hydrogen) atoms. The highest BCUT2D eigenvalue weighted by Gasteiger charge is 2.69. The number of hydrogen-bond donors (Lipinski definition) is 2. The Hall–Kier alpha value is -1.90. The number of carbonyl (C=O) groups is 2. The molecule has 1 aromatic carbocycles. The SMILES string of the molecule is C[C@H]1[C@@H](CCCN2CCN(CCNC(=O)[C@@H](Cc3ccc(N(CCCl)CCCl)cc3)NC(=O)OC(C)(C)C)CC2)O[C@@H]2OC3(C)CCC4[C@H](C)CC[C@@H]1C42OO3. The van der Waals surface area contributed by atoms with Crippen molar-refractivity contribution < 1.29 is 33.6 Å². The minimum atomic E-state index is -0.785. The number of nitrogens with zero attached hydrogens (tertiary/aromatic N) is 3. The second-order valence-corrected chi connectivity index (χ2v) is 18.8. The normalized spacial score (nSPS) is 32.6. The van der Waals surface area contributed by atoms with E-state index in [1.165, 1.54) is 6.42 Å². The van der Waals surface area contributed by atoms with Gasteiger partial charge in [-0.15, -0.1) is 23.2 Å². The van der Waals surface area contributed by atoms with Crippen molar-refractivity contribution in [3.05, 3.63) is 29.8 Å². The fourth-order valence-electron chi connectivity index (χ4n) is 9.83. The first kappa shape index (κ1) is 43.7. The monoisotopic (exact) mass is 823 g/mol. The largest absolute Gasteiger partial charge is 0.444 e. The summed E-state index contributed by atoms with van der Waals surface area (Å²) in [6.07, 6.45) is 5.78. The van der Waals surface area contributed by atoms with Crippen molar-refractivity contribution in [1.29, 1.82) is 0 Å². The van der Waals surface area contributed by atoms with Gasteiger partial charge < -0.3 is 34.6 Å². The van der Waals surface area contributed by atoms with Crippen LogP contribution in [0.1, 0.15) is 85.6 Å². The Morgan fingerprint density at radius 2 is 1.64 bits per heavy atom. The number of alkyl halides is 2. The van der Waals surface area contributed by atoms with Crippen LogP contribution in [-0.4, -0.2) is 128 Å². The van der Waals surface area contributed by atoms with Gasteiger partial charge in [0.1, 0.15) is 11.6 Å². The number of nitrogens with one attached hydrogen (secondary N) is 2. The number of halogens is 2. The molecule has 9 atom stereocenters. The average molecular weight is 825 g/mol. The molecule has 7 rings (SSSR count). The van der Waals surface area contributed by atoms with Crippen LogP contribution in [0.25, 0.3) is 0 Å². The molecule has 1 spiro atoms. The van der Waals surface area contributed by atoms with Crippen LogP contribution in [0.3, 0.4) is 0 Å². The fraction of sp³-hybridized carbons (Fsp3) is 0.810. The molecule has 1 saturated carbocycles. The Bertz CT molecular complexity index is 1440. The molecule has 0 aromatic heterocycles. The molecule has 6 fully saturated rings. The number of benzene rings is 1. The van der Waals surface area contributed by atoms with Crippen molar-refractivity contribution in [3.8, 4) is 0 Å². The standard InChI is InChI=1S/C42H67Cl2N5O7/c1-29-9-14-34-30(2)36(52-38-42(34)33(29)15-16-41(6,53-38)55-56-42)8-7-20-47-24-26-48(27-25-47)23-19-45-37(50)35(46-39(51)54-40(3,4)5)28-31-10-12-32(13-11-31)49(21-17-43)22-18-44/h10-13,29-30,33-36,38H,7-9,14-28H2,1-6H3,(H,45,50)(H,46,51)/t29-,30-,33?,34+,35-,36-,38-,41?,42?/m1/s1. The summed E-state index contributed by atoms with van der Waals surface area (Å²) in [6.45, 7) is 19.6. The molecule has 2 amide bonds. The molecule has 14 heteroatoms. The lowest BCUT2D eigenvalue weighted by Crippen LogP contribution is -2.70. The van der Waals surface area contributed by atoms with E-state index in [4.69, 9.17) is 47.2 Å². The van der Waals surface area contributed by atoms with Crippen LogP contribution in [0.2, 0.25) is 0 Å². The molecule has 1 aromatic rings. The molecule has 5 aliphatic heterocycles. The molecule has 12 nitrogen and oxygen atoms in total. The Morgan fingerprint density at radius 3 is 2.30 bits per heavy atom. The molecular weight excluding hydrogens is 757 g/mol. The number of alkyl carbamates (subject to hydrolysis) is 1. The van der Waals surface area contributed by atoms with Crippen LogP contribution >= 0.6 is 23.2 Å². The Kier molecular flexibility index (Phi) is 14.8. The van der Waals surface area contributed by atoms with Crippen LogP contribution in [0.15, 0.2) is 24.3 Å². The van der Waals surface area contributed by atoms with Crippen molar-refractivity contribution in [2.24, 2.45) is 23.7 Å². The predicted molar refractivity (Wildman–Crippen MR) is 219 cm³/mol. The van der Waals surface area contributed by atoms with E-state index < -0.39 is 29.1 Å². The van der Waals surface area contributed by atoms with E-state index in [9.17, 15) is 9.59 Å². The maximum atomic E-state index is 13.5. The van der Waals surface area contributed by atoms with Crippen LogP contribution in [0, 0.1) is 23.7 Å². The van der Waals surface area contributed by atoms with Crippen molar-refractivity contribution >= 4 is 40.9 Å². The highest BCUT2D eigenvalue weighted by atomic mass is 35.5. The number of piperazine rings is 1. The first-order chi connectivity index (χ1) is 26.7. The number of anilines is 1. The Balaban J connectivity index is 0.942. The highest BCUT2D eigenvalue weighted by Crippen LogP contribution is 2.60. The number of fused-ring (bicyclic) bond motifs is 2. The van der Waals surface area contributed by atoms with Crippen molar-refractivity contribution in [2.75, 3.05) is 75.6 Å². The predicted octanol–water partition coefficient (Wildman–Crippen LogP) is 6.17. The van der Waals surface area contributed by atoms with Gasteiger partial charge in [0.05, 0.1) is 6.10 Å². The summed E-state index contributed by atoms with van der Waals surface area (Å²) >= 11 is 12.0. The molecule has 2 N–H and O–H groups in total. The third-order valence-electron chi connectivity index (χ3n) is 12.9. The van der Waals surface area contributed by atoms with E-state index in [0.29, 0.717) is 61.5 Å². The number of hydrogen-bond acceptors (Lipinski definition) is 10. The van der Waals surface area contributed by atoms with Crippen LogP contribution < -0.4 is 15.5 Å². The molecule has 5 saturated heterocycles. The lowest BCUT2D eigenvalue weighted by atomic mass is 9.57. The summed E-state index contributed by atoms with van der Waals surface area (Å²) in [5, 5.41) is 5.89. The summed E-state index contributed by atoms with van der Waals surface area (Å²) in [7, 11) is 0. The van der Waals surface area contributed by atoms with E-state index >= 15 is 0 Å². The van der Waals surface area contributed by atoms with Gasteiger partial charge in [-0.1, -0.05) is 26.0 Å². The van der Waals surface area contributed by atoms with Gasteiger partial charge in [0.25, 0.3) is 0 Å². The minimum absolute atomic E-state index is 0.140. The molecule has 316 valence electrons. The molecular formula is C42H67Cl2N5O7. The van der Waals surface area contributed by atoms with E-state index in [-0.39, 0.29) is 18.3 Å². The summed E-state index contributed by atoms with van der Waals surface area (Å²) in [6, 6.07) is 7.17. The quantitative estimate of drug-likeness (QED) is 0.148. The second kappa shape index (κ2) is 19.0. The molecule has 6 aliphatic rings. The number of amides is 2. The summed E-state index contributed by atoms with van der Waals surface area (Å²) < 4.78 is 18.9. The van der Waals surface area contributed by atoms with Crippen LogP contribution in [0.5, 0.6) is 0 Å². The number of rotatable bonds is 16. The average Bonchev–Trinajstić information content (AvgIpc) is 3.39. The molecule has 3 unspecified atom stereocenters. The lowest BCUT2D eigenvalue weighted by Gasteiger charge is -2.60. The molecule has 1 aliphatic carbocycles. The first-order valence-electron chi connectivity index (χ1n) is 21.1. The Labute approximate surface area is 344 Å². The maximum absolute atomic E-state index is 13.5. The summed E-state index contributed by atoms with van der Waals surface area (Å²) in [5.74, 6) is 1.72. The summed E-state index contributed by atoms with van der Waals surface area (Å²) in [5.41, 5.74) is 0.751. The van der Waals surface area contributed by atoms with E-state index in [0.717, 1.165) is 82.6 Å². The van der Waals surface area contributed by atoms with Gasteiger partial charge >= 0.3 is 6.09 Å². The Morgan fingerprint density at radius 1 is 0.964 bits per heavy atom. The van der Waals surface area contributed by atoms with Crippen LogP contribution in [0.4, 0.5) is 10.5 Å². The highest BCUT2D eigenvalue weighted by molar-refractivity contribution is 6.18. The zero-order valence-electron chi connectivity index (χ0n) is 34.5. The van der Waals surface area contributed by atoms with Gasteiger partial charge in [0.15, 0.2) is 11.9 Å². The van der Waals surface area contributed by atoms with Crippen molar-refractivity contribution in [2.45, 2.75) is 122 Å². The molecule has 2 bridgehead atoms. The summed E-state index contributed by atoms with van der Waals surface area (Å²) in [4.78, 5) is 45.7. The number of carbonyl (C=O) groups excluding carboxylic acids is 2. The molecule has 0 radical (unpaired) electrons. The van der Waals surface area contributed by atoms with E-state index in [1.807, 2.05) is 31.2 Å². The van der Waals surface area contributed by atoms with E-state index in [2.05, 4.69) is 39.2 Å². The van der Waals surface area contributed by atoms with Gasteiger partial charge in [0, 0.05) is 88.6 Å². The smallest absolute Gasteiger partial charge is 0.408 e. The minimum Gasteiger partial charge on any atom is -0.444 e. The van der Waals surface area contributed by atoms with Crippen LogP contribution in [-0.2, 0) is 35.2 Å². The molecule has 5 heterocycles. The topological polar surface area (TPSA) is 114 Å². The maximum Gasteiger partial charge on any atom is 0.408 e. The van der Waals surface area contributed by atoms with Gasteiger partial charge in [-0.3, -0.25) is 9.69 Å². The van der Waals surface area contributed by atoms with Gasteiger partial charge in [-0.2, -0.15) is 0 Å². The third kappa shape index (κ3) is 10.4. The van der Waals surface area contributed by atoms with Crippen molar-refractivity contribution in [1.82, 2.24) is 20.4 Å². The lowest BCUT2D eigenvalue weighted by molar-refractivity contribution is -0.571. The van der Waals surface area contributed by atoms with Gasteiger partial charge in [0.2, 0.25) is 11.7 Å². The zero-order chi connectivity index (χ0) is 40.1. The number of ether oxygens (including phenoxy) is 3. The first-order valence-corrected chi connectivity index (χ1v) is 22.2. The van der Waals surface area contributed by atoms with E-state index in [1.54, 1.807) is 20.8 Å². The fourth-order valence-corrected chi connectivity index (χ4v) is 10.2.